The van der Waals surface area contributed by atoms with Crippen molar-refractivity contribution in [1.82, 2.24) is 9.29 Å². The molecule has 20 heavy (non-hydrogen) atoms. The molecule has 9 heteroatoms. The van der Waals surface area contributed by atoms with E-state index < -0.39 is 16.0 Å². The van der Waals surface area contributed by atoms with Crippen LogP contribution in [0.5, 0.6) is 0 Å². The Labute approximate surface area is 121 Å². The zero-order valence-electron chi connectivity index (χ0n) is 10.8. The van der Waals surface area contributed by atoms with E-state index in [1.807, 2.05) is 4.90 Å². The minimum absolute atomic E-state index is 0.0218. The van der Waals surface area contributed by atoms with Crippen molar-refractivity contribution in [2.24, 2.45) is 0 Å². The molecule has 0 atom stereocenters. The van der Waals surface area contributed by atoms with Gasteiger partial charge in [0.15, 0.2) is 0 Å². The largest absolute Gasteiger partial charge is 0.478 e. The molecule has 0 aliphatic carbocycles. The Morgan fingerprint density at radius 2 is 1.95 bits per heavy atom. The fraction of sp³-hybridized carbons (Fsp3) is 0.455. The second-order valence-electron chi connectivity index (χ2n) is 4.48. The number of sulfonamides is 1. The number of carbonyl (C=O) groups is 1. The summed E-state index contributed by atoms with van der Waals surface area (Å²) in [6, 6.07) is 1.34. The van der Waals surface area contributed by atoms with Crippen LogP contribution in [-0.2, 0) is 10.0 Å². The number of piperazine rings is 1. The quantitative estimate of drug-likeness (QED) is 0.873. The molecule has 1 aromatic heterocycles. The van der Waals surface area contributed by atoms with Gasteiger partial charge in [0.25, 0.3) is 0 Å². The summed E-state index contributed by atoms with van der Waals surface area (Å²) in [4.78, 5) is 16.7. The summed E-state index contributed by atoms with van der Waals surface area (Å²) < 4.78 is 24.2. The monoisotopic (exact) mass is 319 g/mol. The Morgan fingerprint density at radius 1 is 1.35 bits per heavy atom. The highest BCUT2D eigenvalue weighted by atomic mass is 35.5. The molecule has 7 nitrogen and oxygen atoms in total. The number of nitrogens with zero attached hydrogens (tertiary/aromatic N) is 3. The molecule has 1 fully saturated rings. The van der Waals surface area contributed by atoms with Crippen LogP contribution in [0.25, 0.3) is 0 Å². The van der Waals surface area contributed by atoms with Crippen LogP contribution in [0.4, 0.5) is 5.82 Å². The van der Waals surface area contributed by atoms with Crippen LogP contribution in [0, 0.1) is 0 Å². The minimum atomic E-state index is -3.18. The molecule has 0 radical (unpaired) electrons. The van der Waals surface area contributed by atoms with Crippen LogP contribution in [0.3, 0.4) is 0 Å². The van der Waals surface area contributed by atoms with Crippen LogP contribution in [-0.4, -0.2) is 61.2 Å². The van der Waals surface area contributed by atoms with E-state index in [1.165, 1.54) is 22.8 Å². The summed E-state index contributed by atoms with van der Waals surface area (Å²) in [6.45, 7) is 1.65. The number of carboxylic acids is 1. The summed E-state index contributed by atoms with van der Waals surface area (Å²) in [5.74, 6) is -0.613. The van der Waals surface area contributed by atoms with E-state index in [2.05, 4.69) is 4.98 Å². The molecule has 1 saturated heterocycles. The van der Waals surface area contributed by atoms with Crippen molar-refractivity contribution < 1.29 is 18.3 Å². The molecule has 0 bridgehead atoms. The molecule has 2 heterocycles. The molecule has 1 aliphatic rings. The normalized spacial score (nSPS) is 17.2. The molecule has 110 valence electrons. The van der Waals surface area contributed by atoms with Crippen molar-refractivity contribution in [2.45, 2.75) is 0 Å². The Bertz CT molecular complexity index is 627. The maximum absolute atomic E-state index is 11.4. The van der Waals surface area contributed by atoms with Gasteiger partial charge >= 0.3 is 5.97 Å². The van der Waals surface area contributed by atoms with E-state index in [4.69, 9.17) is 16.7 Å². The molecular formula is C11H14ClN3O4S. The highest BCUT2D eigenvalue weighted by Gasteiger charge is 2.25. The molecule has 1 N–H and O–H groups in total. The van der Waals surface area contributed by atoms with Gasteiger partial charge in [-0.15, -0.1) is 0 Å². The van der Waals surface area contributed by atoms with Gasteiger partial charge in [-0.1, -0.05) is 11.6 Å². The fourth-order valence-electron chi connectivity index (χ4n) is 2.01. The average molecular weight is 320 g/mol. The van der Waals surface area contributed by atoms with E-state index in [-0.39, 0.29) is 10.6 Å². The van der Waals surface area contributed by atoms with Gasteiger partial charge in [-0.2, -0.15) is 4.31 Å². The van der Waals surface area contributed by atoms with E-state index in [1.54, 1.807) is 0 Å². The fourth-order valence-corrected chi connectivity index (χ4v) is 3.12. The van der Waals surface area contributed by atoms with Gasteiger partial charge in [0, 0.05) is 32.4 Å². The van der Waals surface area contributed by atoms with Crippen LogP contribution in [0.2, 0.25) is 5.02 Å². The smallest absolute Gasteiger partial charge is 0.337 e. The van der Waals surface area contributed by atoms with E-state index >= 15 is 0 Å². The van der Waals surface area contributed by atoms with Crippen molar-refractivity contribution in [3.05, 3.63) is 22.8 Å². The first-order valence-corrected chi connectivity index (χ1v) is 8.10. The van der Waals surface area contributed by atoms with E-state index in [0.717, 1.165) is 0 Å². The van der Waals surface area contributed by atoms with Crippen molar-refractivity contribution in [3.8, 4) is 0 Å². The van der Waals surface area contributed by atoms with Gasteiger partial charge < -0.3 is 10.0 Å². The second kappa shape index (κ2) is 5.55. The maximum Gasteiger partial charge on any atom is 0.337 e. The van der Waals surface area contributed by atoms with Crippen molar-refractivity contribution in [2.75, 3.05) is 37.3 Å². The Kier molecular flexibility index (Phi) is 4.17. The number of aromatic carboxylic acids is 1. The SMILES string of the molecule is CS(=O)(=O)N1CCN(c2ncc(C(=O)O)cc2Cl)CC1. The molecular weight excluding hydrogens is 306 g/mol. The number of pyridine rings is 1. The molecule has 1 aromatic rings. The second-order valence-corrected chi connectivity index (χ2v) is 6.87. The minimum Gasteiger partial charge on any atom is -0.478 e. The summed E-state index contributed by atoms with van der Waals surface area (Å²) in [5, 5.41) is 9.10. The van der Waals surface area contributed by atoms with E-state index in [9.17, 15) is 13.2 Å². The lowest BCUT2D eigenvalue weighted by Crippen LogP contribution is -2.48. The van der Waals surface area contributed by atoms with Crippen LogP contribution in [0.15, 0.2) is 12.3 Å². The summed E-state index contributed by atoms with van der Waals surface area (Å²) in [5.41, 5.74) is 0.0218. The lowest BCUT2D eigenvalue weighted by atomic mass is 10.2. The Morgan fingerprint density at radius 3 is 2.40 bits per heavy atom. The van der Waals surface area contributed by atoms with Gasteiger partial charge in [-0.05, 0) is 6.07 Å². The van der Waals surface area contributed by atoms with Crippen molar-refractivity contribution in [3.63, 3.8) is 0 Å². The van der Waals surface area contributed by atoms with Crippen LogP contribution < -0.4 is 4.90 Å². The molecule has 0 aromatic carbocycles. The van der Waals surface area contributed by atoms with Gasteiger partial charge in [-0.25, -0.2) is 18.2 Å². The number of rotatable bonds is 3. The number of hydrogen-bond acceptors (Lipinski definition) is 5. The Balaban J connectivity index is 2.13. The first-order valence-electron chi connectivity index (χ1n) is 5.88. The zero-order chi connectivity index (χ0) is 14.9. The lowest BCUT2D eigenvalue weighted by molar-refractivity contribution is 0.0696. The highest BCUT2D eigenvalue weighted by molar-refractivity contribution is 7.88. The van der Waals surface area contributed by atoms with Crippen LogP contribution in [0.1, 0.15) is 10.4 Å². The molecule has 2 rings (SSSR count). The molecule has 1 aliphatic heterocycles. The highest BCUT2D eigenvalue weighted by Crippen LogP contribution is 2.25. The number of anilines is 1. The van der Waals surface area contributed by atoms with Gasteiger partial charge in [0.1, 0.15) is 5.82 Å². The predicted octanol–water partition coefficient (Wildman–Crippen LogP) is 0.515. The molecule has 0 saturated carbocycles. The number of hydrogen-bond donors (Lipinski definition) is 1. The lowest BCUT2D eigenvalue weighted by Gasteiger charge is -2.34. The van der Waals surface area contributed by atoms with Gasteiger partial charge in [0.05, 0.1) is 16.8 Å². The number of halogens is 1. The third-order valence-corrected chi connectivity index (χ3v) is 4.66. The molecule has 0 spiro atoms. The Hall–Kier alpha value is -1.38. The summed E-state index contributed by atoms with van der Waals surface area (Å²) in [7, 11) is -3.18. The third-order valence-electron chi connectivity index (χ3n) is 3.08. The average Bonchev–Trinajstić information content (AvgIpc) is 2.37. The zero-order valence-corrected chi connectivity index (χ0v) is 12.4. The first-order chi connectivity index (χ1) is 9.29. The van der Waals surface area contributed by atoms with Gasteiger partial charge in [0.2, 0.25) is 10.0 Å². The van der Waals surface area contributed by atoms with Crippen molar-refractivity contribution in [1.29, 1.82) is 0 Å². The topological polar surface area (TPSA) is 90.8 Å². The van der Waals surface area contributed by atoms with Crippen LogP contribution >= 0.6 is 11.6 Å². The molecule has 0 amide bonds. The number of aromatic nitrogens is 1. The molecule has 0 unspecified atom stereocenters. The number of carboxylic acid groups (broad SMARTS) is 1. The van der Waals surface area contributed by atoms with Crippen molar-refractivity contribution >= 4 is 33.4 Å². The standard InChI is InChI=1S/C11H14ClN3O4S/c1-20(18,19)15-4-2-14(3-5-15)10-9(12)6-8(7-13-10)11(16)17/h6-7H,2-5H2,1H3,(H,16,17). The van der Waals surface area contributed by atoms with E-state index in [0.29, 0.717) is 32.0 Å². The summed E-state index contributed by atoms with van der Waals surface area (Å²) >= 11 is 6.03. The maximum atomic E-state index is 11.4. The summed E-state index contributed by atoms with van der Waals surface area (Å²) in [6.07, 6.45) is 2.42. The first kappa shape index (κ1) is 15.0. The van der Waals surface area contributed by atoms with Gasteiger partial charge in [-0.3, -0.25) is 0 Å². The third kappa shape index (κ3) is 3.20. The predicted molar refractivity (Wildman–Crippen MR) is 74.8 cm³/mol.